The molecule has 7 heteroatoms. The number of thiophene rings is 1. The van der Waals surface area contributed by atoms with E-state index in [4.69, 9.17) is 15.7 Å². The van der Waals surface area contributed by atoms with Crippen LogP contribution in [0.5, 0.6) is 0 Å². The summed E-state index contributed by atoms with van der Waals surface area (Å²) in [7, 11) is 0. The van der Waals surface area contributed by atoms with Crippen LogP contribution < -0.4 is 10.6 Å². The number of primary amides is 1. The van der Waals surface area contributed by atoms with Gasteiger partial charge in [0.2, 0.25) is 5.91 Å². The van der Waals surface area contributed by atoms with Crippen LogP contribution in [0.4, 0.5) is 5.82 Å². The Labute approximate surface area is 191 Å². The van der Waals surface area contributed by atoms with Crippen molar-refractivity contribution in [3.63, 3.8) is 0 Å². The quantitative estimate of drug-likeness (QED) is 0.504. The predicted octanol–water partition coefficient (Wildman–Crippen LogP) is 4.02. The number of nitrogens with zero attached hydrogens (tertiary/aromatic N) is 4. The highest BCUT2D eigenvalue weighted by Gasteiger charge is 2.30. The molecule has 6 nitrogen and oxygen atoms in total. The summed E-state index contributed by atoms with van der Waals surface area (Å²) in [5, 5.41) is 1.09. The fraction of sp³-hybridized carbons (Fsp3) is 0.240. The van der Waals surface area contributed by atoms with Crippen molar-refractivity contribution in [2.24, 2.45) is 5.73 Å². The molecule has 0 radical (unpaired) electrons. The summed E-state index contributed by atoms with van der Waals surface area (Å²) in [6.45, 7) is 4.97. The lowest BCUT2D eigenvalue weighted by Gasteiger charge is -2.39. The van der Waals surface area contributed by atoms with Gasteiger partial charge in [0.15, 0.2) is 0 Å². The standard InChI is InChI=1S/C25H25N5OS/c1-17-27-24(20-16-21(32-25(20)28-17)18-8-4-2-5-9-18)30-14-12-29(13-15-30)22(23(26)31)19-10-6-3-7-11-19/h2-11,16,22H,12-15H2,1H3,(H2,26,31)/t22-/m1/s1. The summed E-state index contributed by atoms with van der Waals surface area (Å²) >= 11 is 1.70. The number of nitrogens with two attached hydrogens (primary N) is 1. The topological polar surface area (TPSA) is 75.3 Å². The Balaban J connectivity index is 1.41. The third-order valence-corrected chi connectivity index (χ3v) is 6.98. The highest BCUT2D eigenvalue weighted by molar-refractivity contribution is 7.21. The smallest absolute Gasteiger partial charge is 0.239 e. The first-order valence-corrected chi connectivity index (χ1v) is 11.6. The molecule has 1 saturated heterocycles. The Morgan fingerprint density at radius 3 is 2.28 bits per heavy atom. The summed E-state index contributed by atoms with van der Waals surface area (Å²) < 4.78 is 0. The second-order valence-electron chi connectivity index (χ2n) is 8.03. The first-order valence-electron chi connectivity index (χ1n) is 10.8. The molecule has 1 aliphatic heterocycles. The van der Waals surface area contributed by atoms with Crippen LogP contribution in [-0.2, 0) is 4.79 Å². The molecule has 2 aromatic carbocycles. The molecule has 1 amide bonds. The number of piperazine rings is 1. The zero-order valence-corrected chi connectivity index (χ0v) is 18.8. The number of carbonyl (C=O) groups is 1. The van der Waals surface area contributed by atoms with E-state index in [0.29, 0.717) is 0 Å². The van der Waals surface area contributed by atoms with Crippen LogP contribution in [0.25, 0.3) is 20.7 Å². The SMILES string of the molecule is Cc1nc(N2CCN([C@@H](C(N)=O)c3ccccc3)CC2)c2cc(-c3ccccc3)sc2n1. The van der Waals surface area contributed by atoms with E-state index in [2.05, 4.69) is 40.1 Å². The Morgan fingerprint density at radius 1 is 0.969 bits per heavy atom. The van der Waals surface area contributed by atoms with Crippen LogP contribution in [0.3, 0.4) is 0 Å². The maximum Gasteiger partial charge on any atom is 0.239 e. The van der Waals surface area contributed by atoms with Gasteiger partial charge < -0.3 is 10.6 Å². The second-order valence-corrected chi connectivity index (χ2v) is 9.06. The van der Waals surface area contributed by atoms with Gasteiger partial charge in [0.25, 0.3) is 0 Å². The highest BCUT2D eigenvalue weighted by atomic mass is 32.1. The van der Waals surface area contributed by atoms with Crippen LogP contribution in [0, 0.1) is 6.92 Å². The second kappa shape index (κ2) is 8.68. The molecule has 0 spiro atoms. The van der Waals surface area contributed by atoms with E-state index >= 15 is 0 Å². The van der Waals surface area contributed by atoms with Gasteiger partial charge in [-0.05, 0) is 24.1 Å². The first-order chi connectivity index (χ1) is 15.6. The molecule has 1 fully saturated rings. The number of rotatable bonds is 5. The minimum atomic E-state index is -0.406. The maximum absolute atomic E-state index is 12.3. The average Bonchev–Trinajstić information content (AvgIpc) is 3.24. The van der Waals surface area contributed by atoms with Crippen LogP contribution in [0.2, 0.25) is 0 Å². The fourth-order valence-corrected chi connectivity index (χ4v) is 5.46. The molecule has 3 heterocycles. The molecule has 1 atom stereocenters. The van der Waals surface area contributed by atoms with E-state index in [1.165, 1.54) is 10.4 Å². The molecule has 2 aromatic heterocycles. The number of aryl methyl sites for hydroxylation is 1. The van der Waals surface area contributed by atoms with Crippen LogP contribution >= 0.6 is 11.3 Å². The predicted molar refractivity (Wildman–Crippen MR) is 130 cm³/mol. The van der Waals surface area contributed by atoms with Gasteiger partial charge in [0, 0.05) is 31.1 Å². The van der Waals surface area contributed by atoms with E-state index in [-0.39, 0.29) is 5.91 Å². The number of aromatic nitrogens is 2. The fourth-order valence-electron chi connectivity index (χ4n) is 4.38. The Morgan fingerprint density at radius 2 is 1.62 bits per heavy atom. The Hall–Kier alpha value is -3.29. The van der Waals surface area contributed by atoms with Gasteiger partial charge in [-0.25, -0.2) is 9.97 Å². The lowest BCUT2D eigenvalue weighted by molar-refractivity contribution is -0.123. The number of carbonyl (C=O) groups excluding carboxylic acids is 1. The van der Waals surface area contributed by atoms with Crippen molar-refractivity contribution in [2.45, 2.75) is 13.0 Å². The molecule has 162 valence electrons. The summed E-state index contributed by atoms with van der Waals surface area (Å²) in [6, 6.07) is 22.0. The van der Waals surface area contributed by atoms with E-state index in [1.54, 1.807) is 11.3 Å². The van der Waals surface area contributed by atoms with Gasteiger partial charge in [-0.15, -0.1) is 11.3 Å². The maximum atomic E-state index is 12.3. The number of fused-ring (bicyclic) bond motifs is 1. The van der Waals surface area contributed by atoms with Gasteiger partial charge >= 0.3 is 0 Å². The van der Waals surface area contributed by atoms with Gasteiger partial charge in [0.05, 0.1) is 5.39 Å². The third kappa shape index (κ3) is 3.97. The zero-order chi connectivity index (χ0) is 22.1. The van der Waals surface area contributed by atoms with Crippen LogP contribution in [-0.4, -0.2) is 47.0 Å². The summed E-state index contributed by atoms with van der Waals surface area (Å²) in [4.78, 5) is 28.4. The Kier molecular flexibility index (Phi) is 5.59. The van der Waals surface area contributed by atoms with Crippen molar-refractivity contribution in [2.75, 3.05) is 31.1 Å². The van der Waals surface area contributed by atoms with Crippen molar-refractivity contribution in [3.8, 4) is 10.4 Å². The molecule has 0 aliphatic carbocycles. The molecule has 32 heavy (non-hydrogen) atoms. The molecule has 0 saturated carbocycles. The van der Waals surface area contributed by atoms with Crippen molar-refractivity contribution >= 4 is 33.3 Å². The van der Waals surface area contributed by atoms with Crippen molar-refractivity contribution in [1.29, 1.82) is 0 Å². The van der Waals surface area contributed by atoms with Gasteiger partial charge in [-0.3, -0.25) is 9.69 Å². The summed E-state index contributed by atoms with van der Waals surface area (Å²) in [5.41, 5.74) is 7.92. The van der Waals surface area contributed by atoms with E-state index in [9.17, 15) is 4.79 Å². The van der Waals surface area contributed by atoms with E-state index in [1.807, 2.05) is 43.3 Å². The largest absolute Gasteiger partial charge is 0.368 e. The van der Waals surface area contributed by atoms with Crippen LogP contribution in [0.15, 0.2) is 66.7 Å². The molecule has 0 bridgehead atoms. The average molecular weight is 444 g/mol. The lowest BCUT2D eigenvalue weighted by Crippen LogP contribution is -2.50. The number of hydrogen-bond donors (Lipinski definition) is 1. The van der Waals surface area contributed by atoms with E-state index in [0.717, 1.165) is 53.6 Å². The minimum Gasteiger partial charge on any atom is -0.368 e. The lowest BCUT2D eigenvalue weighted by atomic mass is 10.0. The minimum absolute atomic E-state index is 0.310. The summed E-state index contributed by atoms with van der Waals surface area (Å²) in [6.07, 6.45) is 0. The van der Waals surface area contributed by atoms with Gasteiger partial charge in [0.1, 0.15) is 22.5 Å². The summed E-state index contributed by atoms with van der Waals surface area (Å²) in [5.74, 6) is 1.44. The molecular weight excluding hydrogens is 418 g/mol. The number of hydrogen-bond acceptors (Lipinski definition) is 6. The third-order valence-electron chi connectivity index (χ3n) is 5.91. The van der Waals surface area contributed by atoms with Crippen molar-refractivity contribution < 1.29 is 4.79 Å². The highest BCUT2D eigenvalue weighted by Crippen LogP contribution is 2.37. The molecule has 2 N–H and O–H groups in total. The van der Waals surface area contributed by atoms with Crippen LogP contribution in [0.1, 0.15) is 17.4 Å². The number of benzene rings is 2. The first kappa shape index (κ1) is 20.6. The van der Waals surface area contributed by atoms with Crippen molar-refractivity contribution in [1.82, 2.24) is 14.9 Å². The van der Waals surface area contributed by atoms with Crippen molar-refractivity contribution in [3.05, 3.63) is 78.1 Å². The molecule has 5 rings (SSSR count). The van der Waals surface area contributed by atoms with Gasteiger partial charge in [-0.1, -0.05) is 60.7 Å². The molecular formula is C25H25N5OS. The molecule has 1 aliphatic rings. The normalized spacial score (nSPS) is 15.7. The molecule has 0 unspecified atom stereocenters. The monoisotopic (exact) mass is 443 g/mol. The zero-order valence-electron chi connectivity index (χ0n) is 17.9. The number of amides is 1. The number of anilines is 1. The van der Waals surface area contributed by atoms with E-state index < -0.39 is 6.04 Å². The van der Waals surface area contributed by atoms with Gasteiger partial charge in [-0.2, -0.15) is 0 Å². The Bertz CT molecular complexity index is 1230. The molecule has 4 aromatic rings.